The second-order valence-corrected chi connectivity index (χ2v) is 7.42. The van der Waals surface area contributed by atoms with Gasteiger partial charge in [0.15, 0.2) is 0 Å². The van der Waals surface area contributed by atoms with Crippen LogP contribution < -0.4 is 15.8 Å². The minimum Gasteiger partial charge on any atom is -0.480 e. The number of primary sulfonamides is 1. The fourth-order valence-electron chi connectivity index (χ4n) is 2.65. The molecular formula is C12H23N3O5S. The van der Waals surface area contributed by atoms with E-state index in [9.17, 15) is 23.1 Å². The maximum absolute atomic E-state index is 11.8. The van der Waals surface area contributed by atoms with E-state index in [4.69, 9.17) is 5.14 Å². The largest absolute Gasteiger partial charge is 0.480 e. The van der Waals surface area contributed by atoms with Gasteiger partial charge in [0.2, 0.25) is 10.0 Å². The molecule has 2 atom stereocenters. The van der Waals surface area contributed by atoms with Gasteiger partial charge in [0, 0.05) is 6.54 Å². The Hall–Kier alpha value is -1.35. The van der Waals surface area contributed by atoms with E-state index >= 15 is 0 Å². The van der Waals surface area contributed by atoms with Crippen LogP contribution in [-0.2, 0) is 14.8 Å². The summed E-state index contributed by atoms with van der Waals surface area (Å²) in [6.07, 6.45) is 2.68. The molecule has 0 spiro atoms. The van der Waals surface area contributed by atoms with Crippen LogP contribution in [0.15, 0.2) is 0 Å². The quantitative estimate of drug-likeness (QED) is 0.510. The molecule has 0 radical (unpaired) electrons. The topological polar surface area (TPSA) is 139 Å². The first-order chi connectivity index (χ1) is 9.65. The van der Waals surface area contributed by atoms with Gasteiger partial charge in [0.25, 0.3) is 0 Å². The SMILES string of the molecule is CC1CCCC(NC(=O)NCCCS(N)(=O)=O)(C(=O)O)C1. The van der Waals surface area contributed by atoms with Crippen molar-refractivity contribution in [3.63, 3.8) is 0 Å². The number of amides is 2. The van der Waals surface area contributed by atoms with Gasteiger partial charge in [0.05, 0.1) is 5.75 Å². The molecule has 122 valence electrons. The summed E-state index contributed by atoms with van der Waals surface area (Å²) < 4.78 is 21.5. The molecule has 0 aromatic rings. The fraction of sp³-hybridized carbons (Fsp3) is 0.833. The summed E-state index contributed by atoms with van der Waals surface area (Å²) in [5, 5.41) is 19.2. The number of carboxylic acid groups (broad SMARTS) is 1. The van der Waals surface area contributed by atoms with Gasteiger partial charge in [-0.2, -0.15) is 0 Å². The van der Waals surface area contributed by atoms with Crippen molar-refractivity contribution in [1.82, 2.24) is 10.6 Å². The summed E-state index contributed by atoms with van der Waals surface area (Å²) in [7, 11) is -3.55. The van der Waals surface area contributed by atoms with Gasteiger partial charge in [-0.3, -0.25) is 0 Å². The first-order valence-corrected chi connectivity index (χ1v) is 8.66. The van der Waals surface area contributed by atoms with Gasteiger partial charge < -0.3 is 15.7 Å². The number of sulfonamides is 1. The molecule has 21 heavy (non-hydrogen) atoms. The molecular weight excluding hydrogens is 298 g/mol. The van der Waals surface area contributed by atoms with Crippen LogP contribution in [0.1, 0.15) is 39.0 Å². The summed E-state index contributed by atoms with van der Waals surface area (Å²) in [4.78, 5) is 23.3. The van der Waals surface area contributed by atoms with E-state index in [1.165, 1.54) is 0 Å². The highest BCUT2D eigenvalue weighted by molar-refractivity contribution is 7.89. The first-order valence-electron chi connectivity index (χ1n) is 6.94. The van der Waals surface area contributed by atoms with Crippen molar-refractivity contribution in [1.29, 1.82) is 0 Å². The van der Waals surface area contributed by atoms with Crippen LogP contribution in [0.5, 0.6) is 0 Å². The van der Waals surface area contributed by atoms with Crippen molar-refractivity contribution in [2.75, 3.05) is 12.3 Å². The van der Waals surface area contributed by atoms with Gasteiger partial charge in [-0.05, 0) is 25.2 Å². The minimum absolute atomic E-state index is 0.119. The number of carboxylic acids is 1. The molecule has 1 aliphatic carbocycles. The molecule has 2 unspecified atom stereocenters. The van der Waals surface area contributed by atoms with Crippen LogP contribution in [-0.4, -0.2) is 43.4 Å². The average Bonchev–Trinajstić information content (AvgIpc) is 2.33. The summed E-state index contributed by atoms with van der Waals surface area (Å²) >= 11 is 0. The second kappa shape index (κ2) is 7.08. The molecule has 1 aliphatic rings. The predicted octanol–water partition coefficient (Wildman–Crippen LogP) is -0.00230. The number of nitrogens with one attached hydrogen (secondary N) is 2. The van der Waals surface area contributed by atoms with Crippen molar-refractivity contribution in [2.24, 2.45) is 11.1 Å². The van der Waals surface area contributed by atoms with Gasteiger partial charge in [-0.1, -0.05) is 19.8 Å². The number of aliphatic carboxylic acids is 1. The lowest BCUT2D eigenvalue weighted by Crippen LogP contribution is -2.59. The van der Waals surface area contributed by atoms with Crippen molar-refractivity contribution in [3.8, 4) is 0 Å². The molecule has 0 heterocycles. The third kappa shape index (κ3) is 5.88. The van der Waals surface area contributed by atoms with E-state index in [-0.39, 0.29) is 24.6 Å². The highest BCUT2D eigenvalue weighted by atomic mass is 32.2. The molecule has 0 aromatic heterocycles. The number of nitrogens with two attached hydrogens (primary N) is 1. The Labute approximate surface area is 124 Å². The normalized spacial score (nSPS) is 26.1. The molecule has 0 bridgehead atoms. The Morgan fingerprint density at radius 2 is 2.10 bits per heavy atom. The van der Waals surface area contributed by atoms with E-state index in [0.29, 0.717) is 12.8 Å². The highest BCUT2D eigenvalue weighted by Crippen LogP contribution is 2.32. The van der Waals surface area contributed by atoms with Crippen LogP contribution in [0.3, 0.4) is 0 Å². The fourth-order valence-corrected chi connectivity index (χ4v) is 3.20. The molecule has 0 aromatic carbocycles. The Balaban J connectivity index is 2.48. The number of carbonyl (C=O) groups excluding carboxylic acids is 1. The molecule has 0 aliphatic heterocycles. The van der Waals surface area contributed by atoms with Crippen LogP contribution >= 0.6 is 0 Å². The molecule has 9 heteroatoms. The van der Waals surface area contributed by atoms with Crippen molar-refractivity contribution in [3.05, 3.63) is 0 Å². The maximum Gasteiger partial charge on any atom is 0.329 e. The zero-order valence-corrected chi connectivity index (χ0v) is 12.9. The van der Waals surface area contributed by atoms with E-state index in [1.807, 2.05) is 6.92 Å². The standard InChI is InChI=1S/C12H23N3O5S/c1-9-4-2-5-12(8-9,10(16)17)15-11(18)14-6-3-7-21(13,19)20/h9H,2-8H2,1H3,(H,16,17)(H2,13,19,20)(H2,14,15,18). The van der Waals surface area contributed by atoms with Crippen molar-refractivity contribution in [2.45, 2.75) is 44.6 Å². The monoisotopic (exact) mass is 321 g/mol. The van der Waals surface area contributed by atoms with Gasteiger partial charge in [-0.15, -0.1) is 0 Å². The van der Waals surface area contributed by atoms with Crippen LogP contribution in [0.4, 0.5) is 4.79 Å². The average molecular weight is 321 g/mol. The van der Waals surface area contributed by atoms with Crippen LogP contribution in [0.25, 0.3) is 0 Å². The Morgan fingerprint density at radius 1 is 1.43 bits per heavy atom. The number of urea groups is 1. The molecule has 1 fully saturated rings. The smallest absolute Gasteiger partial charge is 0.329 e. The molecule has 2 amide bonds. The number of hydrogen-bond acceptors (Lipinski definition) is 4. The summed E-state index contributed by atoms with van der Waals surface area (Å²) in [5.41, 5.74) is -1.23. The van der Waals surface area contributed by atoms with Crippen LogP contribution in [0.2, 0.25) is 0 Å². The third-order valence-corrected chi connectivity index (χ3v) is 4.51. The molecule has 0 saturated heterocycles. The third-order valence-electron chi connectivity index (χ3n) is 3.65. The van der Waals surface area contributed by atoms with E-state index < -0.39 is 27.6 Å². The van der Waals surface area contributed by atoms with E-state index in [0.717, 1.165) is 12.8 Å². The second-order valence-electron chi connectivity index (χ2n) is 5.69. The minimum atomic E-state index is -3.55. The lowest BCUT2D eigenvalue weighted by molar-refractivity contribution is -0.146. The van der Waals surface area contributed by atoms with Gasteiger partial charge in [-0.25, -0.2) is 23.1 Å². The van der Waals surface area contributed by atoms with Crippen molar-refractivity contribution >= 4 is 22.0 Å². The lowest BCUT2D eigenvalue weighted by atomic mass is 9.76. The zero-order valence-electron chi connectivity index (χ0n) is 12.1. The van der Waals surface area contributed by atoms with Gasteiger partial charge in [0.1, 0.15) is 5.54 Å². The van der Waals surface area contributed by atoms with E-state index in [2.05, 4.69) is 10.6 Å². The maximum atomic E-state index is 11.8. The highest BCUT2D eigenvalue weighted by Gasteiger charge is 2.43. The van der Waals surface area contributed by atoms with Gasteiger partial charge >= 0.3 is 12.0 Å². The lowest BCUT2D eigenvalue weighted by Gasteiger charge is -2.37. The molecule has 1 saturated carbocycles. The van der Waals surface area contributed by atoms with Crippen molar-refractivity contribution < 1.29 is 23.1 Å². The Bertz CT molecular complexity index is 493. The summed E-state index contributed by atoms with van der Waals surface area (Å²) in [6.45, 7) is 2.08. The zero-order chi connectivity index (χ0) is 16.1. The number of rotatable bonds is 6. The summed E-state index contributed by atoms with van der Waals surface area (Å²) in [5.74, 6) is -1.03. The number of carbonyl (C=O) groups is 2. The molecule has 8 nitrogen and oxygen atoms in total. The first kappa shape index (κ1) is 17.7. The van der Waals surface area contributed by atoms with Crippen LogP contribution in [0, 0.1) is 5.92 Å². The predicted molar refractivity (Wildman–Crippen MR) is 77.1 cm³/mol. The Kier molecular flexibility index (Phi) is 5.97. The summed E-state index contributed by atoms with van der Waals surface area (Å²) in [6, 6.07) is -0.596. The molecule has 1 rings (SSSR count). The Morgan fingerprint density at radius 3 is 2.62 bits per heavy atom. The molecule has 5 N–H and O–H groups in total. The van der Waals surface area contributed by atoms with E-state index in [1.54, 1.807) is 0 Å². The number of hydrogen-bond donors (Lipinski definition) is 4.